The molecule has 1 aliphatic heterocycles. The number of hydrogen-bond donors (Lipinski definition) is 1. The molecule has 1 saturated heterocycles. The molecule has 1 aromatic heterocycles. The smallest absolute Gasteiger partial charge is 0.125 e. The molecule has 1 fully saturated rings. The van der Waals surface area contributed by atoms with Gasteiger partial charge in [-0.3, -0.25) is 0 Å². The SMILES string of the molecule is COc1cccc(-c2nc3cc(F)ccc3cc2CN[C@@H]2CCOC(C)(C)C2)c1. The van der Waals surface area contributed by atoms with E-state index in [4.69, 9.17) is 14.5 Å². The minimum atomic E-state index is -0.281. The number of fused-ring (bicyclic) bond motifs is 1. The fourth-order valence-electron chi connectivity index (χ4n) is 4.00. The van der Waals surface area contributed by atoms with Gasteiger partial charge >= 0.3 is 0 Å². The van der Waals surface area contributed by atoms with E-state index in [1.165, 1.54) is 12.1 Å². The van der Waals surface area contributed by atoms with E-state index in [-0.39, 0.29) is 11.4 Å². The molecule has 0 aliphatic carbocycles. The molecular weight excluding hydrogens is 367 g/mol. The van der Waals surface area contributed by atoms with Crippen LogP contribution < -0.4 is 10.1 Å². The van der Waals surface area contributed by atoms with Gasteiger partial charge in [-0.05, 0) is 62.6 Å². The second-order valence-corrected chi connectivity index (χ2v) is 8.24. The highest BCUT2D eigenvalue weighted by atomic mass is 19.1. The van der Waals surface area contributed by atoms with Gasteiger partial charge in [0.1, 0.15) is 11.6 Å². The number of rotatable bonds is 5. The van der Waals surface area contributed by atoms with Crippen LogP contribution in [-0.4, -0.2) is 30.3 Å². The van der Waals surface area contributed by atoms with Gasteiger partial charge in [-0.1, -0.05) is 12.1 Å². The molecule has 4 rings (SSSR count). The Bertz CT molecular complexity index is 1020. The first-order chi connectivity index (χ1) is 13.9. The highest BCUT2D eigenvalue weighted by Gasteiger charge is 2.28. The summed E-state index contributed by atoms with van der Waals surface area (Å²) in [6.45, 7) is 5.72. The molecular formula is C24H27FN2O2. The zero-order valence-corrected chi connectivity index (χ0v) is 17.2. The number of benzene rings is 2. The Morgan fingerprint density at radius 1 is 1.21 bits per heavy atom. The van der Waals surface area contributed by atoms with Gasteiger partial charge in [0.25, 0.3) is 0 Å². The van der Waals surface area contributed by atoms with E-state index in [0.717, 1.165) is 47.4 Å². The summed E-state index contributed by atoms with van der Waals surface area (Å²) < 4.78 is 25.0. The van der Waals surface area contributed by atoms with Crippen LogP contribution in [0.2, 0.25) is 0 Å². The summed E-state index contributed by atoms with van der Waals surface area (Å²) in [5, 5.41) is 4.62. The summed E-state index contributed by atoms with van der Waals surface area (Å²) in [6, 6.07) is 15.1. The van der Waals surface area contributed by atoms with E-state index in [1.54, 1.807) is 13.2 Å². The average molecular weight is 394 g/mol. The predicted octanol–water partition coefficient (Wildman–Crippen LogP) is 5.10. The Morgan fingerprint density at radius 3 is 2.86 bits per heavy atom. The molecule has 0 spiro atoms. The van der Waals surface area contributed by atoms with E-state index in [1.807, 2.05) is 24.3 Å². The number of methoxy groups -OCH3 is 1. The number of hydrogen-bond acceptors (Lipinski definition) is 4. The fraction of sp³-hybridized carbons (Fsp3) is 0.375. The van der Waals surface area contributed by atoms with Crippen LogP contribution in [0, 0.1) is 5.82 Å². The number of halogens is 1. The Balaban J connectivity index is 1.69. The lowest BCUT2D eigenvalue weighted by molar-refractivity contribution is -0.0630. The van der Waals surface area contributed by atoms with Crippen molar-refractivity contribution in [3.8, 4) is 17.0 Å². The van der Waals surface area contributed by atoms with E-state index in [9.17, 15) is 4.39 Å². The van der Waals surface area contributed by atoms with Crippen molar-refractivity contribution in [3.63, 3.8) is 0 Å². The number of pyridine rings is 1. The molecule has 152 valence electrons. The zero-order valence-electron chi connectivity index (χ0n) is 17.2. The highest BCUT2D eigenvalue weighted by Crippen LogP contribution is 2.30. The molecule has 0 amide bonds. The van der Waals surface area contributed by atoms with Crippen molar-refractivity contribution in [2.45, 2.75) is 44.9 Å². The van der Waals surface area contributed by atoms with E-state index in [2.05, 4.69) is 25.2 Å². The molecule has 5 heteroatoms. The van der Waals surface area contributed by atoms with Gasteiger partial charge < -0.3 is 14.8 Å². The summed E-state index contributed by atoms with van der Waals surface area (Å²) >= 11 is 0. The normalized spacial score (nSPS) is 18.7. The van der Waals surface area contributed by atoms with Gasteiger partial charge in [0, 0.05) is 36.2 Å². The lowest BCUT2D eigenvalue weighted by Crippen LogP contribution is -2.43. The molecule has 4 nitrogen and oxygen atoms in total. The third-order valence-corrected chi connectivity index (χ3v) is 5.48. The molecule has 1 N–H and O–H groups in total. The van der Waals surface area contributed by atoms with Crippen LogP contribution in [-0.2, 0) is 11.3 Å². The van der Waals surface area contributed by atoms with Gasteiger partial charge in [-0.15, -0.1) is 0 Å². The maximum Gasteiger partial charge on any atom is 0.125 e. The summed E-state index contributed by atoms with van der Waals surface area (Å²) in [4.78, 5) is 4.81. The molecule has 1 atom stereocenters. The summed E-state index contributed by atoms with van der Waals surface area (Å²) in [6.07, 6.45) is 1.96. The predicted molar refractivity (Wildman–Crippen MR) is 114 cm³/mol. The van der Waals surface area contributed by atoms with Crippen LogP contribution in [0.15, 0.2) is 48.5 Å². The number of ether oxygens (including phenoxy) is 2. The topological polar surface area (TPSA) is 43.4 Å². The first kappa shape index (κ1) is 19.8. The van der Waals surface area contributed by atoms with Gasteiger partial charge in [-0.2, -0.15) is 0 Å². The zero-order chi connectivity index (χ0) is 20.4. The van der Waals surface area contributed by atoms with Crippen molar-refractivity contribution in [1.82, 2.24) is 10.3 Å². The summed E-state index contributed by atoms with van der Waals surface area (Å²) in [5.74, 6) is 0.491. The van der Waals surface area contributed by atoms with Gasteiger partial charge in [0.2, 0.25) is 0 Å². The minimum absolute atomic E-state index is 0.106. The number of aromatic nitrogens is 1. The van der Waals surface area contributed by atoms with Crippen molar-refractivity contribution >= 4 is 10.9 Å². The van der Waals surface area contributed by atoms with Crippen molar-refractivity contribution in [2.75, 3.05) is 13.7 Å². The van der Waals surface area contributed by atoms with Crippen molar-refractivity contribution < 1.29 is 13.9 Å². The van der Waals surface area contributed by atoms with Crippen molar-refractivity contribution in [2.24, 2.45) is 0 Å². The van der Waals surface area contributed by atoms with Gasteiger partial charge in [-0.25, -0.2) is 9.37 Å². The molecule has 29 heavy (non-hydrogen) atoms. The Morgan fingerprint density at radius 2 is 2.07 bits per heavy atom. The minimum Gasteiger partial charge on any atom is -0.497 e. The van der Waals surface area contributed by atoms with Crippen LogP contribution in [0.5, 0.6) is 5.75 Å². The Labute approximate surface area is 171 Å². The van der Waals surface area contributed by atoms with Crippen molar-refractivity contribution in [3.05, 3.63) is 59.9 Å². The Kier molecular flexibility index (Phi) is 5.52. The Hall–Kier alpha value is -2.50. The molecule has 2 aromatic carbocycles. The molecule has 1 aliphatic rings. The van der Waals surface area contributed by atoms with E-state index in [0.29, 0.717) is 18.1 Å². The van der Waals surface area contributed by atoms with Crippen LogP contribution in [0.4, 0.5) is 4.39 Å². The van der Waals surface area contributed by atoms with Gasteiger partial charge in [0.05, 0.1) is 23.9 Å². The largest absolute Gasteiger partial charge is 0.497 e. The second-order valence-electron chi connectivity index (χ2n) is 8.24. The van der Waals surface area contributed by atoms with Crippen LogP contribution in [0.1, 0.15) is 32.3 Å². The summed E-state index contributed by atoms with van der Waals surface area (Å²) in [5.41, 5.74) is 3.44. The lowest BCUT2D eigenvalue weighted by atomic mass is 9.93. The molecule has 2 heterocycles. The monoisotopic (exact) mass is 394 g/mol. The van der Waals surface area contributed by atoms with Crippen molar-refractivity contribution in [1.29, 1.82) is 0 Å². The number of nitrogens with one attached hydrogen (secondary N) is 1. The first-order valence-electron chi connectivity index (χ1n) is 10.0. The standard InChI is InChI=1S/C24H27FN2O2/c1-24(2)14-20(9-10-29-24)26-15-18-11-16-7-8-19(25)13-22(16)27-23(18)17-5-4-6-21(12-17)28-3/h4-8,11-13,20,26H,9-10,14-15H2,1-3H3/t20-/m1/s1. The summed E-state index contributed by atoms with van der Waals surface area (Å²) in [7, 11) is 1.65. The van der Waals surface area contributed by atoms with E-state index < -0.39 is 0 Å². The number of nitrogens with zero attached hydrogens (tertiary/aromatic N) is 1. The quantitative estimate of drug-likeness (QED) is 0.654. The molecule has 0 unspecified atom stereocenters. The second kappa shape index (κ2) is 8.09. The fourth-order valence-corrected chi connectivity index (χ4v) is 4.00. The van der Waals surface area contributed by atoms with Crippen LogP contribution >= 0.6 is 0 Å². The lowest BCUT2D eigenvalue weighted by Gasteiger charge is -2.36. The maximum absolute atomic E-state index is 13.8. The molecule has 0 bridgehead atoms. The maximum atomic E-state index is 13.8. The molecule has 3 aromatic rings. The third kappa shape index (κ3) is 4.57. The van der Waals surface area contributed by atoms with Crippen LogP contribution in [0.25, 0.3) is 22.2 Å². The molecule has 0 radical (unpaired) electrons. The third-order valence-electron chi connectivity index (χ3n) is 5.48. The average Bonchev–Trinajstić information content (AvgIpc) is 2.71. The molecule has 0 saturated carbocycles. The van der Waals surface area contributed by atoms with E-state index >= 15 is 0 Å². The highest BCUT2D eigenvalue weighted by molar-refractivity contribution is 5.83. The van der Waals surface area contributed by atoms with Gasteiger partial charge in [0.15, 0.2) is 0 Å². The first-order valence-corrected chi connectivity index (χ1v) is 10.0. The van der Waals surface area contributed by atoms with Crippen LogP contribution in [0.3, 0.4) is 0 Å².